The Kier molecular flexibility index (Phi) is 8.21. The summed E-state index contributed by atoms with van der Waals surface area (Å²) in [6.45, 7) is 3.69. The number of methoxy groups -OCH3 is 1. The molecule has 0 saturated carbocycles. The van der Waals surface area contributed by atoms with Crippen LogP contribution in [-0.2, 0) is 9.59 Å². The van der Waals surface area contributed by atoms with Gasteiger partial charge in [-0.2, -0.15) is 0 Å². The summed E-state index contributed by atoms with van der Waals surface area (Å²) in [5, 5.41) is 2.75. The number of carbonyl (C=O) groups excluding carboxylic acids is 3. The third kappa shape index (κ3) is 6.64. The molecule has 0 radical (unpaired) electrons. The number of rotatable bonds is 10. The summed E-state index contributed by atoms with van der Waals surface area (Å²) in [6.07, 6.45) is 0.433. The molecular formula is C22H26N2O5. The van der Waals surface area contributed by atoms with Gasteiger partial charge < -0.3 is 19.7 Å². The number of likely N-dealkylation sites (N-methyl/N-ethyl adjacent to an activating group) is 1. The average Bonchev–Trinajstić information content (AvgIpc) is 2.75. The van der Waals surface area contributed by atoms with Crippen LogP contribution in [0.1, 0.15) is 30.6 Å². The van der Waals surface area contributed by atoms with E-state index in [-0.39, 0.29) is 30.7 Å². The third-order valence-electron chi connectivity index (χ3n) is 4.28. The maximum Gasteiger partial charge on any atom is 0.260 e. The summed E-state index contributed by atoms with van der Waals surface area (Å²) in [5.41, 5.74) is 1.20. The monoisotopic (exact) mass is 398 g/mol. The van der Waals surface area contributed by atoms with Gasteiger partial charge in [-0.3, -0.25) is 14.4 Å². The molecule has 1 N–H and O–H groups in total. The summed E-state index contributed by atoms with van der Waals surface area (Å²) < 4.78 is 10.6. The van der Waals surface area contributed by atoms with E-state index in [2.05, 4.69) is 5.32 Å². The van der Waals surface area contributed by atoms with Crippen molar-refractivity contribution in [3.8, 4) is 11.5 Å². The molecule has 0 aromatic heterocycles. The summed E-state index contributed by atoms with van der Waals surface area (Å²) in [7, 11) is 1.55. The molecule has 7 heteroatoms. The highest BCUT2D eigenvalue weighted by Gasteiger charge is 2.16. The van der Waals surface area contributed by atoms with Gasteiger partial charge in [0.25, 0.3) is 5.91 Å². The number of Topliss-reactive ketones (excluding diaryl/α,β-unsaturated/α-hetero) is 1. The maximum absolute atomic E-state index is 12.4. The highest BCUT2D eigenvalue weighted by molar-refractivity contribution is 5.96. The number of amides is 2. The van der Waals surface area contributed by atoms with E-state index in [1.54, 1.807) is 69.5 Å². The van der Waals surface area contributed by atoms with E-state index < -0.39 is 0 Å². The number of hydrogen-bond acceptors (Lipinski definition) is 5. The Morgan fingerprint density at radius 1 is 1.00 bits per heavy atom. The lowest BCUT2D eigenvalue weighted by atomic mass is 10.1. The molecule has 2 amide bonds. The molecule has 0 unspecified atom stereocenters. The fraction of sp³-hybridized carbons (Fsp3) is 0.318. The fourth-order valence-electron chi connectivity index (χ4n) is 2.63. The van der Waals surface area contributed by atoms with Gasteiger partial charge >= 0.3 is 0 Å². The van der Waals surface area contributed by atoms with Crippen LogP contribution in [0.4, 0.5) is 5.69 Å². The van der Waals surface area contributed by atoms with Crippen LogP contribution in [-0.4, -0.2) is 49.3 Å². The van der Waals surface area contributed by atoms with Gasteiger partial charge in [-0.25, -0.2) is 0 Å². The van der Waals surface area contributed by atoms with E-state index in [0.717, 1.165) is 0 Å². The molecule has 0 heterocycles. The SMILES string of the molecule is CCC(=O)c1ccc(OCC(=O)N(CC)CC(=O)Nc2cccc(OC)c2)cc1. The van der Waals surface area contributed by atoms with Gasteiger partial charge in [-0.05, 0) is 43.3 Å². The minimum atomic E-state index is -0.309. The molecule has 0 fully saturated rings. The van der Waals surface area contributed by atoms with E-state index >= 15 is 0 Å². The predicted octanol–water partition coefficient (Wildman–Crippen LogP) is 3.15. The van der Waals surface area contributed by atoms with Gasteiger partial charge in [0.2, 0.25) is 5.91 Å². The van der Waals surface area contributed by atoms with Crippen LogP contribution in [0.5, 0.6) is 11.5 Å². The zero-order valence-electron chi connectivity index (χ0n) is 16.9. The molecule has 0 aliphatic rings. The molecular weight excluding hydrogens is 372 g/mol. The zero-order chi connectivity index (χ0) is 21.2. The lowest BCUT2D eigenvalue weighted by Gasteiger charge is -2.20. The number of ether oxygens (including phenoxy) is 2. The van der Waals surface area contributed by atoms with Crippen molar-refractivity contribution in [1.82, 2.24) is 4.90 Å². The molecule has 2 aromatic carbocycles. The molecule has 0 spiro atoms. The minimum absolute atomic E-state index is 0.0480. The van der Waals surface area contributed by atoms with Crippen molar-refractivity contribution in [2.24, 2.45) is 0 Å². The van der Waals surface area contributed by atoms with Gasteiger partial charge in [0.1, 0.15) is 11.5 Å². The minimum Gasteiger partial charge on any atom is -0.497 e. The van der Waals surface area contributed by atoms with Crippen LogP contribution in [0.3, 0.4) is 0 Å². The van der Waals surface area contributed by atoms with Crippen LogP contribution < -0.4 is 14.8 Å². The van der Waals surface area contributed by atoms with E-state index in [9.17, 15) is 14.4 Å². The fourth-order valence-corrected chi connectivity index (χ4v) is 2.63. The zero-order valence-corrected chi connectivity index (χ0v) is 16.9. The predicted molar refractivity (Wildman–Crippen MR) is 110 cm³/mol. The average molecular weight is 398 g/mol. The third-order valence-corrected chi connectivity index (χ3v) is 4.28. The smallest absolute Gasteiger partial charge is 0.260 e. The number of benzene rings is 2. The molecule has 0 atom stereocenters. The van der Waals surface area contributed by atoms with Gasteiger partial charge in [0.05, 0.1) is 13.7 Å². The normalized spacial score (nSPS) is 10.2. The number of carbonyl (C=O) groups is 3. The van der Waals surface area contributed by atoms with Crippen molar-refractivity contribution < 1.29 is 23.9 Å². The molecule has 0 saturated heterocycles. The highest BCUT2D eigenvalue weighted by Crippen LogP contribution is 2.17. The first-order valence-corrected chi connectivity index (χ1v) is 9.44. The van der Waals surface area contributed by atoms with Gasteiger partial charge in [-0.15, -0.1) is 0 Å². The lowest BCUT2D eigenvalue weighted by molar-refractivity contribution is -0.136. The standard InChI is InChI=1S/C22H26N2O5/c1-4-20(25)16-9-11-18(12-10-16)29-15-22(27)24(5-2)14-21(26)23-17-7-6-8-19(13-17)28-3/h6-13H,4-5,14-15H2,1-3H3,(H,23,26). The number of anilines is 1. The van der Waals surface area contributed by atoms with Gasteiger partial charge in [-0.1, -0.05) is 13.0 Å². The van der Waals surface area contributed by atoms with E-state index in [4.69, 9.17) is 9.47 Å². The molecule has 29 heavy (non-hydrogen) atoms. The van der Waals surface area contributed by atoms with Crippen molar-refractivity contribution >= 4 is 23.3 Å². The molecule has 0 aliphatic carbocycles. The van der Waals surface area contributed by atoms with Crippen LogP contribution in [0.2, 0.25) is 0 Å². The lowest BCUT2D eigenvalue weighted by Crippen LogP contribution is -2.40. The number of nitrogens with zero attached hydrogens (tertiary/aromatic N) is 1. The second-order valence-electron chi connectivity index (χ2n) is 6.28. The maximum atomic E-state index is 12.4. The summed E-state index contributed by atoms with van der Waals surface area (Å²) >= 11 is 0. The van der Waals surface area contributed by atoms with Crippen LogP contribution in [0.15, 0.2) is 48.5 Å². The van der Waals surface area contributed by atoms with E-state index in [0.29, 0.717) is 35.7 Å². The Balaban J connectivity index is 1.87. The Morgan fingerprint density at radius 3 is 2.34 bits per heavy atom. The van der Waals surface area contributed by atoms with Crippen LogP contribution in [0.25, 0.3) is 0 Å². The number of nitrogens with one attached hydrogen (secondary N) is 1. The topological polar surface area (TPSA) is 84.9 Å². The molecule has 154 valence electrons. The first-order valence-electron chi connectivity index (χ1n) is 9.44. The van der Waals surface area contributed by atoms with Crippen LogP contribution >= 0.6 is 0 Å². The molecule has 7 nitrogen and oxygen atoms in total. The van der Waals surface area contributed by atoms with Crippen molar-refractivity contribution in [3.63, 3.8) is 0 Å². The van der Waals surface area contributed by atoms with Crippen molar-refractivity contribution in [3.05, 3.63) is 54.1 Å². The van der Waals surface area contributed by atoms with Crippen molar-refractivity contribution in [2.45, 2.75) is 20.3 Å². The Labute approximate surface area is 170 Å². The molecule has 0 bridgehead atoms. The second kappa shape index (κ2) is 10.8. The number of hydrogen-bond donors (Lipinski definition) is 1. The Morgan fingerprint density at radius 2 is 1.72 bits per heavy atom. The molecule has 0 aliphatic heterocycles. The van der Waals surface area contributed by atoms with E-state index in [1.165, 1.54) is 4.90 Å². The molecule has 2 rings (SSSR count). The summed E-state index contributed by atoms with van der Waals surface area (Å²) in [4.78, 5) is 37.7. The number of ketones is 1. The first kappa shape index (κ1) is 21.9. The van der Waals surface area contributed by atoms with E-state index in [1.807, 2.05) is 0 Å². The highest BCUT2D eigenvalue weighted by atomic mass is 16.5. The Bertz CT molecular complexity index is 849. The summed E-state index contributed by atoms with van der Waals surface area (Å²) in [6, 6.07) is 13.6. The van der Waals surface area contributed by atoms with Gasteiger partial charge in [0.15, 0.2) is 12.4 Å². The van der Waals surface area contributed by atoms with Crippen molar-refractivity contribution in [1.29, 1.82) is 0 Å². The second-order valence-corrected chi connectivity index (χ2v) is 6.28. The quantitative estimate of drug-likeness (QED) is 0.622. The summed E-state index contributed by atoms with van der Waals surface area (Å²) in [5.74, 6) is 0.555. The van der Waals surface area contributed by atoms with Gasteiger partial charge in [0, 0.05) is 30.3 Å². The van der Waals surface area contributed by atoms with Crippen LogP contribution in [0, 0.1) is 0 Å². The van der Waals surface area contributed by atoms with Crippen molar-refractivity contribution in [2.75, 3.05) is 32.1 Å². The largest absolute Gasteiger partial charge is 0.497 e. The first-order chi connectivity index (χ1) is 14.0. The Hall–Kier alpha value is -3.35. The molecule has 2 aromatic rings.